The van der Waals surface area contributed by atoms with Crippen LogP contribution in [0.1, 0.15) is 84.0 Å². The molecule has 210 valence electrons. The van der Waals surface area contributed by atoms with Crippen LogP contribution in [-0.4, -0.2) is 46.5 Å². The van der Waals surface area contributed by atoms with Crippen LogP contribution in [0.2, 0.25) is 0 Å². The molecule has 0 aliphatic rings. The monoisotopic (exact) mass is 533 g/mol. The lowest BCUT2D eigenvalue weighted by Gasteiger charge is -2.43. The Hall–Kier alpha value is -3.79. The molecule has 7 heteroatoms. The minimum absolute atomic E-state index is 0.215. The second kappa shape index (κ2) is 13.8. The number of alkyl carbamates (subject to hydrolysis) is 1. The summed E-state index contributed by atoms with van der Waals surface area (Å²) in [6, 6.07) is 14.5. The van der Waals surface area contributed by atoms with Gasteiger partial charge in [-0.1, -0.05) is 67.8 Å². The number of nitrogens with one attached hydrogen (secondary N) is 2. The number of carbonyl (C=O) groups is 3. The van der Waals surface area contributed by atoms with Crippen molar-refractivity contribution in [3.63, 3.8) is 0 Å². The Labute approximate surface area is 233 Å². The first-order valence-corrected chi connectivity index (χ1v) is 13.5. The van der Waals surface area contributed by atoms with Gasteiger partial charge in [0.15, 0.2) is 0 Å². The maximum absolute atomic E-state index is 14.5. The summed E-state index contributed by atoms with van der Waals surface area (Å²) in [5, 5.41) is 5.76. The van der Waals surface area contributed by atoms with E-state index in [9.17, 15) is 14.4 Å². The zero-order valence-electron chi connectivity index (χ0n) is 24.3. The van der Waals surface area contributed by atoms with E-state index >= 15 is 0 Å². The summed E-state index contributed by atoms with van der Waals surface area (Å²) in [5.74, 6) is 1.92. The molecule has 3 amide bonds. The van der Waals surface area contributed by atoms with Crippen molar-refractivity contribution in [3.05, 3.63) is 71.3 Å². The van der Waals surface area contributed by atoms with Gasteiger partial charge >= 0.3 is 6.09 Å². The van der Waals surface area contributed by atoms with Gasteiger partial charge in [-0.05, 0) is 65.2 Å². The molecule has 0 radical (unpaired) electrons. The van der Waals surface area contributed by atoms with Crippen molar-refractivity contribution >= 4 is 17.9 Å². The Balaban J connectivity index is 2.63. The molecular weight excluding hydrogens is 490 g/mol. The van der Waals surface area contributed by atoms with Crippen LogP contribution < -0.4 is 10.6 Å². The largest absolute Gasteiger partial charge is 0.444 e. The fourth-order valence-corrected chi connectivity index (χ4v) is 4.26. The molecule has 0 fully saturated rings. The topological polar surface area (TPSA) is 87.7 Å². The van der Waals surface area contributed by atoms with Gasteiger partial charge in [-0.15, -0.1) is 6.42 Å². The van der Waals surface area contributed by atoms with E-state index in [0.29, 0.717) is 17.7 Å². The minimum Gasteiger partial charge on any atom is -0.444 e. The number of hydrogen-bond donors (Lipinski definition) is 2. The van der Waals surface area contributed by atoms with E-state index in [1.165, 1.54) is 4.90 Å². The van der Waals surface area contributed by atoms with Crippen molar-refractivity contribution in [2.45, 2.75) is 91.0 Å². The van der Waals surface area contributed by atoms with Crippen LogP contribution in [0, 0.1) is 12.3 Å². The predicted molar refractivity (Wildman–Crippen MR) is 155 cm³/mol. The molecule has 2 atom stereocenters. The number of carbonyl (C=O) groups excluding carboxylic acids is 3. The van der Waals surface area contributed by atoms with Crippen molar-refractivity contribution in [2.75, 3.05) is 6.54 Å². The molecule has 2 rings (SSSR count). The molecule has 0 aliphatic heterocycles. The van der Waals surface area contributed by atoms with Gasteiger partial charge in [0.2, 0.25) is 11.8 Å². The van der Waals surface area contributed by atoms with Crippen molar-refractivity contribution in [1.29, 1.82) is 0 Å². The molecular formula is C32H43N3O4. The third-order valence-corrected chi connectivity index (χ3v) is 5.98. The number of nitrogens with zero attached hydrogens (tertiary/aromatic N) is 1. The number of terminal acetylenes is 1. The summed E-state index contributed by atoms with van der Waals surface area (Å²) in [5.41, 5.74) is 0.370. The molecule has 0 heterocycles. The minimum atomic E-state index is -1.01. The summed E-state index contributed by atoms with van der Waals surface area (Å²) < 4.78 is 5.49. The lowest BCUT2D eigenvalue weighted by atomic mass is 9.92. The van der Waals surface area contributed by atoms with E-state index in [0.717, 1.165) is 18.4 Å². The Bertz CT molecular complexity index is 1160. The Morgan fingerprint density at radius 2 is 1.59 bits per heavy atom. The van der Waals surface area contributed by atoms with Crippen molar-refractivity contribution in [1.82, 2.24) is 15.5 Å². The normalized spacial score (nSPS) is 13.0. The van der Waals surface area contributed by atoms with E-state index in [1.54, 1.807) is 45.0 Å². The van der Waals surface area contributed by atoms with Crippen LogP contribution >= 0.6 is 0 Å². The molecule has 7 nitrogen and oxygen atoms in total. The summed E-state index contributed by atoms with van der Waals surface area (Å²) >= 11 is 0. The Kier molecular flexibility index (Phi) is 11.2. The molecule has 2 unspecified atom stereocenters. The lowest BCUT2D eigenvalue weighted by molar-refractivity contribution is -0.148. The third kappa shape index (κ3) is 9.47. The van der Waals surface area contributed by atoms with E-state index < -0.39 is 35.2 Å². The van der Waals surface area contributed by atoms with Gasteiger partial charge in [0, 0.05) is 24.1 Å². The van der Waals surface area contributed by atoms with Gasteiger partial charge in [0.05, 0.1) is 0 Å². The number of unbranched alkanes of at least 4 members (excludes halogenated alkanes) is 1. The van der Waals surface area contributed by atoms with Gasteiger partial charge in [-0.25, -0.2) is 4.79 Å². The number of ether oxygens (including phenoxy) is 1. The lowest BCUT2D eigenvalue weighted by Crippen LogP contribution is -2.59. The van der Waals surface area contributed by atoms with Crippen LogP contribution in [0.3, 0.4) is 0 Å². The van der Waals surface area contributed by atoms with Crippen LogP contribution in [-0.2, 0) is 20.7 Å². The van der Waals surface area contributed by atoms with Crippen LogP contribution in [0.5, 0.6) is 0 Å². The maximum atomic E-state index is 14.5. The fraction of sp³-hybridized carbons (Fsp3) is 0.469. The predicted octanol–water partition coefficient (Wildman–Crippen LogP) is 5.39. The zero-order valence-corrected chi connectivity index (χ0v) is 24.3. The summed E-state index contributed by atoms with van der Waals surface area (Å²) in [6.07, 6.45) is 7.04. The molecule has 2 aromatic rings. The van der Waals surface area contributed by atoms with Gasteiger partial charge in [0.25, 0.3) is 0 Å². The van der Waals surface area contributed by atoms with E-state index in [-0.39, 0.29) is 12.3 Å². The zero-order chi connectivity index (χ0) is 29.2. The Morgan fingerprint density at radius 3 is 2.15 bits per heavy atom. The molecule has 39 heavy (non-hydrogen) atoms. The molecule has 0 aliphatic carbocycles. The van der Waals surface area contributed by atoms with Crippen LogP contribution in [0.25, 0.3) is 0 Å². The van der Waals surface area contributed by atoms with E-state index in [4.69, 9.17) is 11.2 Å². The van der Waals surface area contributed by atoms with E-state index in [2.05, 4.69) is 16.6 Å². The number of benzene rings is 2. The number of hydrogen-bond acceptors (Lipinski definition) is 4. The molecule has 0 bridgehead atoms. The summed E-state index contributed by atoms with van der Waals surface area (Å²) in [6.45, 7) is 13.4. The van der Waals surface area contributed by atoms with Crippen molar-refractivity contribution in [3.8, 4) is 12.3 Å². The average Bonchev–Trinajstić information content (AvgIpc) is 2.85. The first kappa shape index (κ1) is 31.4. The Morgan fingerprint density at radius 1 is 0.974 bits per heavy atom. The van der Waals surface area contributed by atoms with Gasteiger partial charge < -0.3 is 20.3 Å². The average molecular weight is 534 g/mol. The molecule has 0 aromatic heterocycles. The van der Waals surface area contributed by atoms with Crippen molar-refractivity contribution < 1.29 is 19.1 Å². The fourth-order valence-electron chi connectivity index (χ4n) is 4.26. The first-order valence-electron chi connectivity index (χ1n) is 13.5. The second-order valence-electron chi connectivity index (χ2n) is 11.5. The van der Waals surface area contributed by atoms with Crippen LogP contribution in [0.15, 0.2) is 54.6 Å². The first-order chi connectivity index (χ1) is 18.3. The quantitative estimate of drug-likeness (QED) is 0.317. The highest BCUT2D eigenvalue weighted by molar-refractivity contribution is 5.93. The number of rotatable bonds is 10. The third-order valence-electron chi connectivity index (χ3n) is 5.98. The highest BCUT2D eigenvalue weighted by Gasteiger charge is 2.42. The van der Waals surface area contributed by atoms with Gasteiger partial charge in [0.1, 0.15) is 17.7 Å². The summed E-state index contributed by atoms with van der Waals surface area (Å²) in [4.78, 5) is 42.7. The highest BCUT2D eigenvalue weighted by atomic mass is 16.6. The maximum Gasteiger partial charge on any atom is 0.408 e. The van der Waals surface area contributed by atoms with Crippen LogP contribution in [0.4, 0.5) is 4.79 Å². The van der Waals surface area contributed by atoms with Gasteiger partial charge in [-0.2, -0.15) is 0 Å². The SMILES string of the molecule is C#Cc1ccccc1C(C(=O)NCCCC)N(C(=O)C(Cc1ccccc1)NC(=O)OC(C)(C)C)C(C)(C)C. The molecule has 2 N–H and O–H groups in total. The highest BCUT2D eigenvalue weighted by Crippen LogP contribution is 2.32. The smallest absolute Gasteiger partial charge is 0.408 e. The van der Waals surface area contributed by atoms with E-state index in [1.807, 2.05) is 58.0 Å². The molecule has 0 saturated carbocycles. The molecule has 2 aromatic carbocycles. The molecule has 0 spiro atoms. The standard InChI is InChI=1S/C32H43N3O4/c1-9-11-21-33-28(36)27(25-20-16-15-19-24(25)10-2)35(31(3,4)5)29(37)26(22-23-17-13-12-14-18-23)34-30(38)39-32(6,7)8/h2,12-20,26-27H,9,11,21-22H2,1,3-8H3,(H,33,36)(H,34,38). The van der Waals surface area contributed by atoms with Crippen molar-refractivity contribution in [2.24, 2.45) is 0 Å². The summed E-state index contributed by atoms with van der Waals surface area (Å²) in [7, 11) is 0. The van der Waals surface area contributed by atoms with Gasteiger partial charge in [-0.3, -0.25) is 9.59 Å². The number of amides is 3. The second-order valence-corrected chi connectivity index (χ2v) is 11.5. The molecule has 0 saturated heterocycles.